The number of halogens is 1. The Morgan fingerprint density at radius 1 is 1.23 bits per heavy atom. The molecule has 2 atom stereocenters. The zero-order valence-electron chi connectivity index (χ0n) is 18.3. The highest BCUT2D eigenvalue weighted by Crippen LogP contribution is 2.33. The fraction of sp³-hybridized carbons (Fsp3) is 0.591. The lowest BCUT2D eigenvalue weighted by Crippen LogP contribution is -2.39. The minimum atomic E-state index is 0. The summed E-state index contributed by atoms with van der Waals surface area (Å²) in [5.41, 5.74) is 2.53. The summed E-state index contributed by atoms with van der Waals surface area (Å²) in [6.07, 6.45) is 5.04. The Labute approximate surface area is 197 Å². The number of nitrogens with one attached hydrogen (secondary N) is 2. The lowest BCUT2D eigenvalue weighted by Gasteiger charge is -2.31. The summed E-state index contributed by atoms with van der Waals surface area (Å²) in [7, 11) is 0. The van der Waals surface area contributed by atoms with Crippen LogP contribution >= 0.6 is 24.0 Å². The molecule has 166 valence electrons. The van der Waals surface area contributed by atoms with Crippen molar-refractivity contribution in [2.75, 3.05) is 26.2 Å². The number of aromatic nitrogens is 3. The number of nitrogens with zero attached hydrogens (tertiary/aromatic N) is 4. The van der Waals surface area contributed by atoms with Crippen molar-refractivity contribution < 1.29 is 4.74 Å². The van der Waals surface area contributed by atoms with Crippen LogP contribution in [0, 0.1) is 12.8 Å². The minimum Gasteiger partial charge on any atom is -0.373 e. The lowest BCUT2D eigenvalue weighted by atomic mass is 9.89. The largest absolute Gasteiger partial charge is 0.373 e. The van der Waals surface area contributed by atoms with Gasteiger partial charge < -0.3 is 19.9 Å². The molecule has 2 unspecified atom stereocenters. The monoisotopic (exact) mass is 526 g/mol. The Hall–Kier alpha value is -1.68. The van der Waals surface area contributed by atoms with Crippen LogP contribution in [0.5, 0.6) is 0 Å². The minimum absolute atomic E-state index is 0. The maximum Gasteiger partial charge on any atom is 0.191 e. The first-order chi connectivity index (χ1) is 14.2. The maximum atomic E-state index is 6.14. The molecule has 0 aliphatic carbocycles. The summed E-state index contributed by atoms with van der Waals surface area (Å²) in [6, 6.07) is 8.70. The molecule has 30 heavy (non-hydrogen) atoms. The van der Waals surface area contributed by atoms with Crippen molar-refractivity contribution in [1.82, 2.24) is 25.4 Å². The summed E-state index contributed by atoms with van der Waals surface area (Å²) in [5, 5.41) is 14.9. The third-order valence-corrected chi connectivity index (χ3v) is 5.34. The highest BCUT2D eigenvalue weighted by Gasteiger charge is 2.27. The van der Waals surface area contributed by atoms with E-state index in [0.29, 0.717) is 5.92 Å². The van der Waals surface area contributed by atoms with Crippen molar-refractivity contribution in [1.29, 1.82) is 0 Å². The predicted molar refractivity (Wildman–Crippen MR) is 131 cm³/mol. The van der Waals surface area contributed by atoms with Crippen LogP contribution < -0.4 is 10.6 Å². The molecule has 3 rings (SSSR count). The SMILES string of the molecule is CCNC(=NCC1CCCOC1c1ccc(C)cc1)NCCn1cnnc1CC.I. The van der Waals surface area contributed by atoms with Crippen molar-refractivity contribution in [3.05, 3.63) is 47.5 Å². The number of guanidine groups is 1. The lowest BCUT2D eigenvalue weighted by molar-refractivity contribution is -0.0250. The van der Waals surface area contributed by atoms with E-state index >= 15 is 0 Å². The van der Waals surface area contributed by atoms with Gasteiger partial charge in [-0.1, -0.05) is 36.8 Å². The third-order valence-electron chi connectivity index (χ3n) is 5.34. The van der Waals surface area contributed by atoms with Gasteiger partial charge in [0.2, 0.25) is 0 Å². The summed E-state index contributed by atoms with van der Waals surface area (Å²) < 4.78 is 8.22. The fourth-order valence-electron chi connectivity index (χ4n) is 3.74. The van der Waals surface area contributed by atoms with Crippen molar-refractivity contribution >= 4 is 29.9 Å². The zero-order valence-corrected chi connectivity index (χ0v) is 20.6. The number of hydrogen-bond donors (Lipinski definition) is 2. The maximum absolute atomic E-state index is 6.14. The van der Waals surface area contributed by atoms with Crippen molar-refractivity contribution in [3.8, 4) is 0 Å². The number of benzene rings is 1. The van der Waals surface area contributed by atoms with Gasteiger partial charge in [0, 0.05) is 45.1 Å². The second kappa shape index (κ2) is 12.9. The quantitative estimate of drug-likeness (QED) is 0.313. The molecule has 2 aromatic rings. The first-order valence-corrected chi connectivity index (χ1v) is 10.8. The molecule has 1 aliphatic rings. The van der Waals surface area contributed by atoms with E-state index in [9.17, 15) is 0 Å². The zero-order chi connectivity index (χ0) is 20.5. The summed E-state index contributed by atoms with van der Waals surface area (Å²) >= 11 is 0. The molecule has 0 spiro atoms. The molecule has 0 amide bonds. The Morgan fingerprint density at radius 2 is 2.03 bits per heavy atom. The van der Waals surface area contributed by atoms with Crippen molar-refractivity contribution in [2.24, 2.45) is 10.9 Å². The topological polar surface area (TPSA) is 76.4 Å². The van der Waals surface area contributed by atoms with Crippen LogP contribution in [0.2, 0.25) is 0 Å². The smallest absolute Gasteiger partial charge is 0.191 e. The normalized spacial score (nSPS) is 19.2. The van der Waals surface area contributed by atoms with E-state index in [0.717, 1.165) is 63.8 Å². The van der Waals surface area contributed by atoms with Crippen molar-refractivity contribution in [2.45, 2.75) is 52.7 Å². The van der Waals surface area contributed by atoms with Crippen LogP contribution in [0.3, 0.4) is 0 Å². The third kappa shape index (κ3) is 6.94. The molecule has 1 saturated heterocycles. The van der Waals surface area contributed by atoms with E-state index < -0.39 is 0 Å². The van der Waals surface area contributed by atoms with Gasteiger partial charge in [-0.25, -0.2) is 0 Å². The Bertz CT molecular complexity index is 776. The first kappa shape index (κ1) is 24.6. The Morgan fingerprint density at radius 3 is 2.77 bits per heavy atom. The standard InChI is InChI=1S/C22H34N6O.HI/c1-4-20-27-26-16-28(20)13-12-24-22(23-5-2)25-15-19-7-6-14-29-21(19)18-10-8-17(3)9-11-18;/h8-11,16,19,21H,4-7,12-15H2,1-3H3,(H2,23,24,25);1H. The van der Waals surface area contributed by atoms with E-state index in [-0.39, 0.29) is 30.1 Å². The molecular weight excluding hydrogens is 491 g/mol. The molecule has 1 fully saturated rings. The molecular formula is C22H35IN6O. The van der Waals surface area contributed by atoms with Gasteiger partial charge in [0.05, 0.1) is 6.10 Å². The molecule has 2 heterocycles. The van der Waals surface area contributed by atoms with Crippen LogP contribution in [0.4, 0.5) is 0 Å². The van der Waals surface area contributed by atoms with Crippen LogP contribution in [0.25, 0.3) is 0 Å². The van der Waals surface area contributed by atoms with Gasteiger partial charge in [-0.2, -0.15) is 0 Å². The molecule has 1 aliphatic heterocycles. The van der Waals surface area contributed by atoms with Gasteiger partial charge in [-0.3, -0.25) is 4.99 Å². The van der Waals surface area contributed by atoms with Gasteiger partial charge in [0.1, 0.15) is 12.2 Å². The number of ether oxygens (including phenoxy) is 1. The second-order valence-corrected chi connectivity index (χ2v) is 7.54. The van der Waals surface area contributed by atoms with Gasteiger partial charge in [-0.15, -0.1) is 34.2 Å². The van der Waals surface area contributed by atoms with Crippen LogP contribution in [0.15, 0.2) is 35.6 Å². The van der Waals surface area contributed by atoms with Gasteiger partial charge in [-0.05, 0) is 32.3 Å². The van der Waals surface area contributed by atoms with E-state index in [1.807, 2.05) is 0 Å². The number of rotatable bonds is 8. The number of aryl methyl sites for hydroxylation is 2. The van der Waals surface area contributed by atoms with Crippen LogP contribution in [-0.2, 0) is 17.7 Å². The highest BCUT2D eigenvalue weighted by atomic mass is 127. The fourth-order valence-corrected chi connectivity index (χ4v) is 3.74. The van der Waals surface area contributed by atoms with E-state index in [1.165, 1.54) is 11.1 Å². The molecule has 1 aromatic carbocycles. The van der Waals surface area contributed by atoms with Gasteiger partial charge >= 0.3 is 0 Å². The molecule has 2 N–H and O–H groups in total. The van der Waals surface area contributed by atoms with Gasteiger partial charge in [0.15, 0.2) is 5.96 Å². The summed E-state index contributed by atoms with van der Waals surface area (Å²) in [4.78, 5) is 4.87. The highest BCUT2D eigenvalue weighted by molar-refractivity contribution is 14.0. The Balaban J connectivity index is 0.00000320. The average Bonchev–Trinajstić information content (AvgIpc) is 3.20. The number of hydrogen-bond acceptors (Lipinski definition) is 4. The first-order valence-electron chi connectivity index (χ1n) is 10.8. The van der Waals surface area contributed by atoms with E-state index in [4.69, 9.17) is 9.73 Å². The summed E-state index contributed by atoms with van der Waals surface area (Å²) in [6.45, 7) is 10.3. The van der Waals surface area contributed by atoms with Crippen LogP contribution in [0.1, 0.15) is 49.7 Å². The molecule has 8 heteroatoms. The second-order valence-electron chi connectivity index (χ2n) is 7.54. The molecule has 7 nitrogen and oxygen atoms in total. The van der Waals surface area contributed by atoms with E-state index in [1.54, 1.807) is 6.33 Å². The molecule has 0 radical (unpaired) electrons. The van der Waals surface area contributed by atoms with Gasteiger partial charge in [0.25, 0.3) is 0 Å². The van der Waals surface area contributed by atoms with Crippen LogP contribution in [-0.4, -0.2) is 47.0 Å². The number of aliphatic imine (C=N–C) groups is 1. The van der Waals surface area contributed by atoms with E-state index in [2.05, 4.69) is 70.4 Å². The molecule has 0 saturated carbocycles. The summed E-state index contributed by atoms with van der Waals surface area (Å²) in [5.74, 6) is 2.26. The molecule has 1 aromatic heterocycles. The Kier molecular flexibility index (Phi) is 10.6. The molecule has 0 bridgehead atoms. The van der Waals surface area contributed by atoms with Crippen molar-refractivity contribution in [3.63, 3.8) is 0 Å². The predicted octanol–water partition coefficient (Wildman–Crippen LogP) is 3.49. The average molecular weight is 526 g/mol.